The first-order valence-corrected chi connectivity index (χ1v) is 6.06. The number of amides is 1. The van der Waals surface area contributed by atoms with Gasteiger partial charge in [0.1, 0.15) is 11.5 Å². The Morgan fingerprint density at radius 2 is 2.37 bits per heavy atom. The van der Waals surface area contributed by atoms with Gasteiger partial charge in [0.2, 0.25) is 0 Å². The summed E-state index contributed by atoms with van der Waals surface area (Å²) in [6.07, 6.45) is 0. The molecule has 2 aromatic rings. The molecule has 0 aromatic carbocycles. The minimum absolute atomic E-state index is 0.0639. The molecule has 7 nitrogen and oxygen atoms in total. The van der Waals surface area contributed by atoms with Crippen LogP contribution in [0.25, 0.3) is 0 Å². The number of aromatic carboxylic acids is 1. The Balaban J connectivity index is 2.11. The largest absolute Gasteiger partial charge is 0.477 e. The fourth-order valence-corrected chi connectivity index (χ4v) is 2.08. The maximum Gasteiger partial charge on any atom is 0.348 e. The van der Waals surface area contributed by atoms with Crippen LogP contribution in [0.3, 0.4) is 0 Å². The molecule has 2 rings (SSSR count). The number of anilines is 1. The Morgan fingerprint density at radius 1 is 1.58 bits per heavy atom. The molecule has 0 saturated heterocycles. The molecule has 8 heteroatoms. The van der Waals surface area contributed by atoms with Gasteiger partial charge >= 0.3 is 5.97 Å². The van der Waals surface area contributed by atoms with Crippen molar-refractivity contribution in [3.8, 4) is 0 Å². The highest BCUT2D eigenvalue weighted by Crippen LogP contribution is 2.22. The molecule has 0 saturated carbocycles. The lowest BCUT2D eigenvalue weighted by molar-refractivity contribution is 0.0703. The minimum Gasteiger partial charge on any atom is -0.477 e. The summed E-state index contributed by atoms with van der Waals surface area (Å²) in [4.78, 5) is 22.8. The first-order chi connectivity index (χ1) is 9.11. The van der Waals surface area contributed by atoms with Gasteiger partial charge in [-0.3, -0.25) is 4.79 Å². The number of aromatic nitrogens is 1. The van der Waals surface area contributed by atoms with Gasteiger partial charge in [-0.15, -0.1) is 11.3 Å². The molecule has 0 atom stereocenters. The summed E-state index contributed by atoms with van der Waals surface area (Å²) in [6, 6.07) is 2.95. The van der Waals surface area contributed by atoms with Crippen LogP contribution in [0.2, 0.25) is 0 Å². The lowest BCUT2D eigenvalue weighted by atomic mass is 10.3. The molecule has 0 fully saturated rings. The first-order valence-electron chi connectivity index (χ1n) is 5.18. The van der Waals surface area contributed by atoms with Crippen LogP contribution in [0, 0.1) is 0 Å². The molecule has 0 aliphatic carbocycles. The number of hydrogen-bond donors (Lipinski definition) is 2. The Kier molecular flexibility index (Phi) is 3.93. The van der Waals surface area contributed by atoms with E-state index in [1.165, 1.54) is 19.2 Å². The van der Waals surface area contributed by atoms with Crippen molar-refractivity contribution >= 4 is 28.9 Å². The number of carbonyl (C=O) groups is 2. The van der Waals surface area contributed by atoms with E-state index in [1.807, 2.05) is 0 Å². The fraction of sp³-hybridized carbons (Fsp3) is 0.182. The third-order valence-electron chi connectivity index (χ3n) is 2.19. The molecule has 0 spiro atoms. The van der Waals surface area contributed by atoms with Gasteiger partial charge in [0.05, 0.1) is 5.69 Å². The van der Waals surface area contributed by atoms with Crippen molar-refractivity contribution in [1.29, 1.82) is 0 Å². The van der Waals surface area contributed by atoms with Crippen LogP contribution < -0.4 is 5.32 Å². The monoisotopic (exact) mass is 282 g/mol. The van der Waals surface area contributed by atoms with Crippen LogP contribution in [-0.4, -0.2) is 29.2 Å². The predicted molar refractivity (Wildman–Crippen MR) is 66.4 cm³/mol. The molecule has 0 aliphatic rings. The van der Waals surface area contributed by atoms with Gasteiger partial charge < -0.3 is 19.7 Å². The second-order valence-electron chi connectivity index (χ2n) is 3.53. The number of carbonyl (C=O) groups excluding carboxylic acids is 1. The number of rotatable bonds is 5. The molecular weight excluding hydrogens is 272 g/mol. The van der Waals surface area contributed by atoms with E-state index in [-0.39, 0.29) is 22.9 Å². The minimum atomic E-state index is -1.09. The van der Waals surface area contributed by atoms with E-state index in [0.717, 1.165) is 11.3 Å². The Morgan fingerprint density at radius 3 is 3.05 bits per heavy atom. The van der Waals surface area contributed by atoms with Crippen molar-refractivity contribution in [2.24, 2.45) is 0 Å². The van der Waals surface area contributed by atoms with E-state index in [2.05, 4.69) is 10.5 Å². The van der Waals surface area contributed by atoms with Gasteiger partial charge in [-0.2, -0.15) is 0 Å². The highest BCUT2D eigenvalue weighted by atomic mass is 32.1. The van der Waals surface area contributed by atoms with Crippen LogP contribution >= 0.6 is 11.3 Å². The van der Waals surface area contributed by atoms with Crippen molar-refractivity contribution in [1.82, 2.24) is 5.16 Å². The summed E-state index contributed by atoms with van der Waals surface area (Å²) in [6.45, 7) is 0.207. The second-order valence-corrected chi connectivity index (χ2v) is 4.45. The third kappa shape index (κ3) is 2.98. The Hall–Kier alpha value is -2.19. The summed E-state index contributed by atoms with van der Waals surface area (Å²) in [5.74, 6) is -1.21. The van der Waals surface area contributed by atoms with E-state index in [9.17, 15) is 9.59 Å². The lowest BCUT2D eigenvalue weighted by Gasteiger charge is -2.00. The zero-order chi connectivity index (χ0) is 13.8. The van der Waals surface area contributed by atoms with Crippen molar-refractivity contribution in [3.63, 3.8) is 0 Å². The van der Waals surface area contributed by atoms with Crippen molar-refractivity contribution in [3.05, 3.63) is 33.8 Å². The molecule has 1 amide bonds. The smallest absolute Gasteiger partial charge is 0.348 e. The zero-order valence-corrected chi connectivity index (χ0v) is 10.7. The van der Waals surface area contributed by atoms with E-state index in [0.29, 0.717) is 5.76 Å². The zero-order valence-electron chi connectivity index (χ0n) is 9.87. The summed E-state index contributed by atoms with van der Waals surface area (Å²) in [5, 5.41) is 16.6. The molecule has 0 unspecified atom stereocenters. The first kappa shape index (κ1) is 13.2. The van der Waals surface area contributed by atoms with Crippen LogP contribution in [0.4, 0.5) is 5.69 Å². The molecule has 0 radical (unpaired) electrons. The number of methoxy groups -OCH3 is 1. The van der Waals surface area contributed by atoms with Gasteiger partial charge in [-0.1, -0.05) is 5.16 Å². The van der Waals surface area contributed by atoms with E-state index >= 15 is 0 Å². The number of nitrogens with one attached hydrogen (secondary N) is 1. The van der Waals surface area contributed by atoms with Gasteiger partial charge in [0.15, 0.2) is 11.5 Å². The number of thiophene rings is 1. The molecule has 2 heterocycles. The summed E-state index contributed by atoms with van der Waals surface area (Å²) in [5.41, 5.74) is 0.299. The number of ether oxygens (including phenoxy) is 1. The highest BCUT2D eigenvalue weighted by Gasteiger charge is 2.17. The molecule has 19 heavy (non-hydrogen) atoms. The Labute approximate surface area is 111 Å². The van der Waals surface area contributed by atoms with Gasteiger partial charge in [-0.25, -0.2) is 4.79 Å². The van der Waals surface area contributed by atoms with Crippen molar-refractivity contribution in [2.45, 2.75) is 6.61 Å². The number of hydrogen-bond acceptors (Lipinski definition) is 6. The van der Waals surface area contributed by atoms with Crippen molar-refractivity contribution < 1.29 is 24.0 Å². The van der Waals surface area contributed by atoms with Crippen molar-refractivity contribution in [2.75, 3.05) is 12.4 Å². The maximum atomic E-state index is 11.8. The average molecular weight is 282 g/mol. The standard InChI is InChI=1S/C11H10N2O5S/c1-17-5-6-4-8(13-18-6)10(14)12-7-2-3-19-9(7)11(15)16/h2-4H,5H2,1H3,(H,12,14)(H,15,16). The van der Waals surface area contributed by atoms with Gasteiger partial charge in [0.25, 0.3) is 5.91 Å². The molecule has 100 valence electrons. The van der Waals surface area contributed by atoms with E-state index < -0.39 is 11.9 Å². The maximum absolute atomic E-state index is 11.8. The average Bonchev–Trinajstić information content (AvgIpc) is 2.98. The molecule has 2 N–H and O–H groups in total. The predicted octanol–water partition coefficient (Wildman–Crippen LogP) is 1.83. The molecular formula is C11H10N2O5S. The van der Waals surface area contributed by atoms with Gasteiger partial charge in [0, 0.05) is 13.2 Å². The third-order valence-corrected chi connectivity index (χ3v) is 3.09. The normalized spacial score (nSPS) is 10.4. The second kappa shape index (κ2) is 5.63. The van der Waals surface area contributed by atoms with E-state index in [4.69, 9.17) is 14.4 Å². The van der Waals surface area contributed by atoms with Crippen LogP contribution in [-0.2, 0) is 11.3 Å². The SMILES string of the molecule is COCc1cc(C(=O)Nc2ccsc2C(=O)O)no1. The topological polar surface area (TPSA) is 102 Å². The van der Waals surface area contributed by atoms with Crippen LogP contribution in [0.15, 0.2) is 22.0 Å². The summed E-state index contributed by atoms with van der Waals surface area (Å²) < 4.78 is 9.71. The number of carboxylic acids is 1. The molecule has 0 aliphatic heterocycles. The molecule has 2 aromatic heterocycles. The summed E-state index contributed by atoms with van der Waals surface area (Å²) in [7, 11) is 1.49. The van der Waals surface area contributed by atoms with E-state index in [1.54, 1.807) is 5.38 Å². The summed E-state index contributed by atoms with van der Waals surface area (Å²) >= 11 is 1.03. The molecule has 0 bridgehead atoms. The highest BCUT2D eigenvalue weighted by molar-refractivity contribution is 7.12. The number of nitrogens with zero attached hydrogens (tertiary/aromatic N) is 1. The van der Waals surface area contributed by atoms with Gasteiger partial charge in [-0.05, 0) is 11.4 Å². The quantitative estimate of drug-likeness (QED) is 0.867. The van der Waals surface area contributed by atoms with Crippen LogP contribution in [0.1, 0.15) is 25.9 Å². The fourth-order valence-electron chi connectivity index (χ4n) is 1.39. The Bertz CT molecular complexity index is 604. The van der Waals surface area contributed by atoms with Crippen LogP contribution in [0.5, 0.6) is 0 Å². The lowest BCUT2D eigenvalue weighted by Crippen LogP contribution is -2.13. The number of carboxylic acid groups (broad SMARTS) is 1.